The van der Waals surface area contributed by atoms with Crippen molar-refractivity contribution in [2.24, 2.45) is 0 Å². The molecule has 0 radical (unpaired) electrons. The van der Waals surface area contributed by atoms with Crippen molar-refractivity contribution >= 4 is 9.47 Å². The van der Waals surface area contributed by atoms with E-state index in [1.54, 1.807) is 0 Å². The maximum Gasteiger partial charge on any atom is 0.0473 e. The molecular weight excluding hydrogens is 155 g/mol. The van der Waals surface area contributed by atoms with Crippen LogP contribution in [0.25, 0.3) is 0 Å². The van der Waals surface area contributed by atoms with Crippen LogP contribution in [0.5, 0.6) is 0 Å². The van der Waals surface area contributed by atoms with Crippen LogP contribution in [0.1, 0.15) is 27.2 Å². The SMILES string of the molecule is C1=CCC=C1.CC.CCOP. The van der Waals surface area contributed by atoms with Crippen LogP contribution < -0.4 is 0 Å². The van der Waals surface area contributed by atoms with Crippen LogP contribution >= 0.6 is 9.47 Å². The van der Waals surface area contributed by atoms with Crippen molar-refractivity contribution in [3.63, 3.8) is 0 Å². The quantitative estimate of drug-likeness (QED) is 0.554. The van der Waals surface area contributed by atoms with E-state index in [9.17, 15) is 0 Å². The summed E-state index contributed by atoms with van der Waals surface area (Å²) in [5, 5.41) is 0. The molecule has 0 aromatic rings. The molecule has 66 valence electrons. The third-order valence-corrected chi connectivity index (χ3v) is 1.16. The van der Waals surface area contributed by atoms with Crippen LogP contribution in [-0.4, -0.2) is 6.61 Å². The number of hydrogen-bond acceptors (Lipinski definition) is 1. The van der Waals surface area contributed by atoms with Gasteiger partial charge in [-0.15, -0.1) is 0 Å². The standard InChI is InChI=1S/C5H6.C2H7OP.C2H6/c1-2-4-5-3-1;1-2-3-4;1-2/h1-4H,5H2;2,4H2,1H3;1-2H3. The summed E-state index contributed by atoms with van der Waals surface area (Å²) < 4.78 is 4.46. The van der Waals surface area contributed by atoms with Crippen molar-refractivity contribution < 1.29 is 4.52 Å². The van der Waals surface area contributed by atoms with Gasteiger partial charge in [-0.05, 0) is 13.3 Å². The Morgan fingerprint density at radius 3 is 1.73 bits per heavy atom. The van der Waals surface area contributed by atoms with E-state index in [0.29, 0.717) is 0 Å². The molecule has 0 N–H and O–H groups in total. The highest BCUT2D eigenvalue weighted by Crippen LogP contribution is 1.93. The maximum absolute atomic E-state index is 4.46. The van der Waals surface area contributed by atoms with Crippen LogP contribution in [0, 0.1) is 0 Å². The smallest absolute Gasteiger partial charge is 0.0473 e. The van der Waals surface area contributed by atoms with E-state index in [1.165, 1.54) is 0 Å². The van der Waals surface area contributed by atoms with Gasteiger partial charge in [0.2, 0.25) is 0 Å². The van der Waals surface area contributed by atoms with Gasteiger partial charge < -0.3 is 4.52 Å². The van der Waals surface area contributed by atoms with Crippen LogP contribution in [0.2, 0.25) is 0 Å². The fourth-order valence-corrected chi connectivity index (χ4v) is 0.393. The lowest BCUT2D eigenvalue weighted by atomic mass is 10.5. The average Bonchev–Trinajstić information content (AvgIpc) is 2.65. The molecule has 0 aromatic carbocycles. The normalized spacial score (nSPS) is 11.3. The predicted octanol–water partition coefficient (Wildman–Crippen LogP) is 3.34. The molecule has 0 bridgehead atoms. The molecule has 2 heteroatoms. The molecule has 1 atom stereocenters. The van der Waals surface area contributed by atoms with Crippen LogP contribution in [0.3, 0.4) is 0 Å². The predicted molar refractivity (Wildman–Crippen MR) is 55.6 cm³/mol. The minimum absolute atomic E-state index is 0.782. The Kier molecular flexibility index (Phi) is 20.1. The molecule has 11 heavy (non-hydrogen) atoms. The largest absolute Gasteiger partial charge is 0.366 e. The lowest BCUT2D eigenvalue weighted by Crippen LogP contribution is -1.63. The molecular formula is C9H19OP. The summed E-state index contributed by atoms with van der Waals surface area (Å²) >= 11 is 0. The third-order valence-electron chi connectivity index (χ3n) is 0.822. The van der Waals surface area contributed by atoms with E-state index in [0.717, 1.165) is 13.0 Å². The summed E-state index contributed by atoms with van der Waals surface area (Å²) in [5.74, 6) is 0. The molecule has 1 nitrogen and oxygen atoms in total. The van der Waals surface area contributed by atoms with Crippen molar-refractivity contribution in [3.8, 4) is 0 Å². The first kappa shape index (κ1) is 13.5. The maximum atomic E-state index is 4.46. The van der Waals surface area contributed by atoms with E-state index >= 15 is 0 Å². The van der Waals surface area contributed by atoms with Crippen molar-refractivity contribution in [2.75, 3.05) is 6.61 Å². The van der Waals surface area contributed by atoms with E-state index < -0.39 is 0 Å². The number of rotatable bonds is 1. The van der Waals surface area contributed by atoms with E-state index in [-0.39, 0.29) is 0 Å². The highest BCUT2D eigenvalue weighted by Gasteiger charge is 1.72. The second-order valence-electron chi connectivity index (χ2n) is 1.55. The van der Waals surface area contributed by atoms with Gasteiger partial charge in [0.15, 0.2) is 0 Å². The highest BCUT2D eigenvalue weighted by molar-refractivity contribution is 7.09. The molecule has 0 spiro atoms. The van der Waals surface area contributed by atoms with E-state index in [1.807, 2.05) is 20.8 Å². The zero-order valence-electron chi connectivity index (χ0n) is 7.71. The number of allylic oxidation sites excluding steroid dienone is 4. The fraction of sp³-hybridized carbons (Fsp3) is 0.556. The minimum atomic E-state index is 0.782. The summed E-state index contributed by atoms with van der Waals surface area (Å²) in [5.41, 5.74) is 0. The van der Waals surface area contributed by atoms with Crippen molar-refractivity contribution in [2.45, 2.75) is 27.2 Å². The molecule has 0 saturated carbocycles. The Bertz CT molecular complexity index is 85.7. The highest BCUT2D eigenvalue weighted by atomic mass is 31.0. The van der Waals surface area contributed by atoms with Gasteiger partial charge in [0.05, 0.1) is 0 Å². The molecule has 0 heterocycles. The third kappa shape index (κ3) is 17.7. The fourth-order valence-electron chi connectivity index (χ4n) is 0.393. The zero-order valence-corrected chi connectivity index (χ0v) is 8.86. The number of hydrogen-bond donors (Lipinski definition) is 0. The molecule has 0 aromatic heterocycles. The zero-order chi connectivity index (χ0) is 8.95. The first-order chi connectivity index (χ1) is 5.41. The van der Waals surface area contributed by atoms with Gasteiger partial charge in [0.1, 0.15) is 0 Å². The summed E-state index contributed by atoms with van der Waals surface area (Å²) in [7, 11) is 2.16. The van der Waals surface area contributed by atoms with Crippen LogP contribution in [0.4, 0.5) is 0 Å². The van der Waals surface area contributed by atoms with E-state index in [4.69, 9.17) is 0 Å². The molecule has 1 unspecified atom stereocenters. The van der Waals surface area contributed by atoms with Crippen molar-refractivity contribution in [1.82, 2.24) is 0 Å². The Morgan fingerprint density at radius 1 is 1.27 bits per heavy atom. The van der Waals surface area contributed by atoms with Crippen molar-refractivity contribution in [1.29, 1.82) is 0 Å². The average molecular weight is 174 g/mol. The molecule has 0 amide bonds. The Morgan fingerprint density at radius 2 is 1.64 bits per heavy atom. The van der Waals surface area contributed by atoms with Gasteiger partial charge in [-0.2, -0.15) is 0 Å². The molecule has 0 aliphatic heterocycles. The summed E-state index contributed by atoms with van der Waals surface area (Å²) in [6.07, 6.45) is 9.50. The second-order valence-corrected chi connectivity index (χ2v) is 1.88. The lowest BCUT2D eigenvalue weighted by Gasteiger charge is -1.75. The van der Waals surface area contributed by atoms with Gasteiger partial charge in [-0.3, -0.25) is 0 Å². The minimum Gasteiger partial charge on any atom is -0.366 e. The van der Waals surface area contributed by atoms with Gasteiger partial charge in [0, 0.05) is 16.1 Å². The summed E-state index contributed by atoms with van der Waals surface area (Å²) in [6, 6.07) is 0. The van der Waals surface area contributed by atoms with Crippen LogP contribution in [0.15, 0.2) is 24.3 Å². The van der Waals surface area contributed by atoms with Crippen molar-refractivity contribution in [3.05, 3.63) is 24.3 Å². The molecule has 1 aliphatic carbocycles. The topological polar surface area (TPSA) is 9.23 Å². The summed E-state index contributed by atoms with van der Waals surface area (Å²) in [6.45, 7) is 6.72. The van der Waals surface area contributed by atoms with Crippen LogP contribution in [-0.2, 0) is 4.52 Å². The molecule has 1 rings (SSSR count). The molecule has 0 fully saturated rings. The Balaban J connectivity index is 0. The second kappa shape index (κ2) is 16.5. The molecule has 1 aliphatic rings. The first-order valence-electron chi connectivity index (χ1n) is 4.05. The first-order valence-corrected chi connectivity index (χ1v) is 4.52. The van der Waals surface area contributed by atoms with E-state index in [2.05, 4.69) is 38.3 Å². The molecule has 0 saturated heterocycles. The lowest BCUT2D eigenvalue weighted by molar-refractivity contribution is 0.400. The monoisotopic (exact) mass is 174 g/mol. The summed E-state index contributed by atoms with van der Waals surface area (Å²) in [4.78, 5) is 0. The van der Waals surface area contributed by atoms with Gasteiger partial charge >= 0.3 is 0 Å². The Labute approximate surface area is 72.8 Å². The van der Waals surface area contributed by atoms with Gasteiger partial charge in [-0.25, -0.2) is 0 Å². The van der Waals surface area contributed by atoms with Gasteiger partial charge in [-0.1, -0.05) is 38.2 Å². The Hall–Kier alpha value is -0.130. The van der Waals surface area contributed by atoms with Gasteiger partial charge in [0.25, 0.3) is 0 Å².